The molecule has 126 valence electrons. The summed E-state index contributed by atoms with van der Waals surface area (Å²) < 4.78 is 27.5. The molecule has 0 aromatic heterocycles. The minimum atomic E-state index is -2.75. The van der Waals surface area contributed by atoms with Crippen LogP contribution in [0.5, 0.6) is 0 Å². The van der Waals surface area contributed by atoms with Gasteiger partial charge in [-0.25, -0.2) is 4.39 Å². The molecule has 0 amide bonds. The van der Waals surface area contributed by atoms with Gasteiger partial charge in [-0.05, 0) is 30.5 Å². The molecule has 4 rings (SSSR count). The third kappa shape index (κ3) is 3.07. The zero-order valence-corrected chi connectivity index (χ0v) is 14.8. The summed E-state index contributed by atoms with van der Waals surface area (Å²) in [6.45, 7) is 0. The predicted molar refractivity (Wildman–Crippen MR) is 102 cm³/mol. The fraction of sp³-hybridized carbons (Fsp3) is 0.182. The molecule has 0 saturated heterocycles. The monoisotopic (exact) mass is 350 g/mol. The van der Waals surface area contributed by atoms with Crippen LogP contribution in [0.2, 0.25) is 0 Å². The summed E-state index contributed by atoms with van der Waals surface area (Å²) in [5, 5.41) is 1.80. The highest BCUT2D eigenvalue weighted by molar-refractivity contribution is 7.78. The smallest absolute Gasteiger partial charge is 0.144 e. The van der Waals surface area contributed by atoms with E-state index in [9.17, 15) is 8.96 Å². The van der Waals surface area contributed by atoms with Gasteiger partial charge in [0.1, 0.15) is 13.0 Å². The summed E-state index contributed by atoms with van der Waals surface area (Å²) in [6.07, 6.45) is 2.60. The molecule has 3 aromatic rings. The van der Waals surface area contributed by atoms with E-state index < -0.39 is 7.14 Å². The number of benzene rings is 3. The molecular formula is C22H20FOP. The van der Waals surface area contributed by atoms with Gasteiger partial charge in [0, 0.05) is 22.2 Å². The van der Waals surface area contributed by atoms with Crippen molar-refractivity contribution in [1.29, 1.82) is 0 Å². The molecule has 0 bridgehead atoms. The first-order valence-corrected chi connectivity index (χ1v) is 10.5. The Hall–Kier alpha value is -2.18. The summed E-state index contributed by atoms with van der Waals surface area (Å²) in [7, 11) is -2.75. The van der Waals surface area contributed by atoms with Crippen molar-refractivity contribution >= 4 is 17.8 Å². The number of hydrogen-bond donors (Lipinski definition) is 0. The van der Waals surface area contributed by atoms with E-state index in [1.54, 1.807) is 0 Å². The lowest BCUT2D eigenvalue weighted by Crippen LogP contribution is -2.25. The van der Waals surface area contributed by atoms with Crippen LogP contribution in [-0.2, 0) is 9.98 Å². The van der Waals surface area contributed by atoms with Crippen LogP contribution in [0, 0.1) is 5.82 Å². The number of rotatable bonds is 5. The molecule has 0 aliphatic heterocycles. The second-order valence-corrected chi connectivity index (χ2v) is 9.68. The van der Waals surface area contributed by atoms with Crippen molar-refractivity contribution in [3.8, 4) is 0 Å². The zero-order chi connectivity index (χ0) is 17.3. The number of hydrogen-bond acceptors (Lipinski definition) is 1. The minimum Gasteiger partial charge on any atom is -0.314 e. The maximum Gasteiger partial charge on any atom is 0.144 e. The van der Waals surface area contributed by atoms with E-state index >= 15 is 0 Å². The Morgan fingerprint density at radius 3 is 1.68 bits per heavy atom. The van der Waals surface area contributed by atoms with E-state index in [1.165, 1.54) is 12.1 Å². The molecule has 0 N–H and O–H groups in total. The van der Waals surface area contributed by atoms with Crippen LogP contribution in [0.4, 0.5) is 4.39 Å². The van der Waals surface area contributed by atoms with Crippen LogP contribution in [0.1, 0.15) is 18.4 Å². The molecule has 0 heterocycles. The van der Waals surface area contributed by atoms with E-state index in [2.05, 4.69) is 0 Å². The van der Waals surface area contributed by atoms with Gasteiger partial charge in [-0.1, -0.05) is 72.8 Å². The molecule has 0 atom stereocenters. The van der Waals surface area contributed by atoms with E-state index in [0.29, 0.717) is 6.16 Å². The Bertz CT molecular complexity index is 856. The van der Waals surface area contributed by atoms with Crippen molar-refractivity contribution < 1.29 is 8.96 Å². The summed E-state index contributed by atoms with van der Waals surface area (Å²) in [5.41, 5.74) is 0.996. The quantitative estimate of drug-likeness (QED) is 0.600. The maximum absolute atomic E-state index is 14.2. The molecule has 1 aliphatic rings. The number of halogens is 1. The topological polar surface area (TPSA) is 17.1 Å². The summed E-state index contributed by atoms with van der Waals surface area (Å²) >= 11 is 0. The first-order chi connectivity index (χ1) is 12.1. The van der Waals surface area contributed by atoms with Gasteiger partial charge < -0.3 is 4.57 Å². The first kappa shape index (κ1) is 16.3. The van der Waals surface area contributed by atoms with Gasteiger partial charge in [0.25, 0.3) is 0 Å². The van der Waals surface area contributed by atoms with Crippen molar-refractivity contribution in [3.05, 3.63) is 96.3 Å². The molecular weight excluding hydrogens is 330 g/mol. The molecule has 3 aromatic carbocycles. The highest BCUT2D eigenvalue weighted by Gasteiger charge is 2.49. The van der Waals surface area contributed by atoms with Gasteiger partial charge in [0.2, 0.25) is 0 Å². The molecule has 1 aliphatic carbocycles. The largest absolute Gasteiger partial charge is 0.314 e. The zero-order valence-electron chi connectivity index (χ0n) is 13.9. The average molecular weight is 350 g/mol. The minimum absolute atomic E-state index is 0.102. The van der Waals surface area contributed by atoms with Gasteiger partial charge >= 0.3 is 0 Å². The lowest BCUT2D eigenvalue weighted by molar-refractivity contribution is 0.580. The summed E-state index contributed by atoms with van der Waals surface area (Å²) in [6, 6.07) is 26.3. The molecule has 0 unspecified atom stereocenters. The van der Waals surface area contributed by atoms with Crippen molar-refractivity contribution in [3.63, 3.8) is 0 Å². The fourth-order valence-electron chi connectivity index (χ4n) is 3.59. The Morgan fingerprint density at radius 2 is 1.24 bits per heavy atom. The van der Waals surface area contributed by atoms with E-state index in [1.807, 2.05) is 72.8 Å². The van der Waals surface area contributed by atoms with Crippen molar-refractivity contribution in [2.24, 2.45) is 0 Å². The SMILES string of the molecule is O=P(CC1(c2ccc(F)cc2)CC1)(c1ccccc1)c1ccccc1. The second-order valence-electron chi connectivity index (χ2n) is 6.86. The standard InChI is InChI=1S/C22H20FOP/c23-19-13-11-18(12-14-19)22(15-16-22)17-25(24,20-7-3-1-4-8-20)21-9-5-2-6-10-21/h1-14H,15-17H2. The summed E-state index contributed by atoms with van der Waals surface area (Å²) in [4.78, 5) is 0. The third-order valence-corrected chi connectivity index (χ3v) is 8.50. The van der Waals surface area contributed by atoms with Crippen LogP contribution in [0.25, 0.3) is 0 Å². The lowest BCUT2D eigenvalue weighted by atomic mass is 9.98. The molecule has 0 radical (unpaired) electrons. The van der Waals surface area contributed by atoms with E-state index in [0.717, 1.165) is 29.0 Å². The van der Waals surface area contributed by atoms with Crippen LogP contribution in [0.15, 0.2) is 84.9 Å². The molecule has 1 fully saturated rings. The van der Waals surface area contributed by atoms with Gasteiger partial charge in [-0.3, -0.25) is 0 Å². The average Bonchev–Trinajstić information content (AvgIpc) is 3.44. The highest BCUT2D eigenvalue weighted by atomic mass is 31.2. The Balaban J connectivity index is 1.78. The Morgan fingerprint density at radius 1 is 0.760 bits per heavy atom. The molecule has 25 heavy (non-hydrogen) atoms. The normalized spacial score (nSPS) is 15.7. The molecule has 1 nitrogen and oxygen atoms in total. The van der Waals surface area contributed by atoms with E-state index in [-0.39, 0.29) is 11.2 Å². The summed E-state index contributed by atoms with van der Waals surface area (Å²) in [5.74, 6) is -0.228. The van der Waals surface area contributed by atoms with E-state index in [4.69, 9.17) is 0 Å². The van der Waals surface area contributed by atoms with Crippen LogP contribution in [0.3, 0.4) is 0 Å². The van der Waals surface area contributed by atoms with Crippen molar-refractivity contribution in [2.75, 3.05) is 6.16 Å². The molecule has 1 saturated carbocycles. The third-order valence-electron chi connectivity index (χ3n) is 5.18. The molecule has 0 spiro atoms. The van der Waals surface area contributed by atoms with Crippen LogP contribution < -0.4 is 10.6 Å². The predicted octanol–water partition coefficient (Wildman–Crippen LogP) is 4.87. The van der Waals surface area contributed by atoms with Gasteiger partial charge in [-0.15, -0.1) is 0 Å². The van der Waals surface area contributed by atoms with Gasteiger partial charge in [-0.2, -0.15) is 0 Å². The Kier molecular flexibility index (Phi) is 4.09. The highest BCUT2D eigenvalue weighted by Crippen LogP contribution is 2.59. The lowest BCUT2D eigenvalue weighted by Gasteiger charge is -2.25. The van der Waals surface area contributed by atoms with Crippen LogP contribution >= 0.6 is 7.14 Å². The fourth-order valence-corrected chi connectivity index (χ4v) is 6.91. The molecule has 3 heteroatoms. The van der Waals surface area contributed by atoms with Crippen molar-refractivity contribution in [1.82, 2.24) is 0 Å². The van der Waals surface area contributed by atoms with Gasteiger partial charge in [0.15, 0.2) is 0 Å². The maximum atomic E-state index is 14.2. The van der Waals surface area contributed by atoms with Crippen molar-refractivity contribution in [2.45, 2.75) is 18.3 Å². The Labute approximate surface area is 147 Å². The van der Waals surface area contributed by atoms with Crippen LogP contribution in [-0.4, -0.2) is 6.16 Å². The van der Waals surface area contributed by atoms with Gasteiger partial charge in [0.05, 0.1) is 0 Å². The second kappa shape index (κ2) is 6.28. The first-order valence-electron chi connectivity index (χ1n) is 8.59.